The Balaban J connectivity index is 4.06. The number of ether oxygens (including phenoxy) is 2. The maximum atomic E-state index is 5.48. The Morgan fingerprint density at radius 1 is 1.00 bits per heavy atom. The molecule has 1 unspecified atom stereocenters. The van der Waals surface area contributed by atoms with Crippen molar-refractivity contribution in [2.75, 3.05) is 46.1 Å². The molecule has 0 radical (unpaired) electrons. The Bertz CT molecular complexity index is 207. The molecule has 0 aromatic heterocycles. The van der Waals surface area contributed by atoms with Crippen LogP contribution in [0.3, 0.4) is 0 Å². The van der Waals surface area contributed by atoms with E-state index in [9.17, 15) is 0 Å². The number of nitrogens with zero attached hydrogens (tertiary/aromatic N) is 1. The molecule has 1 N–H and O–H groups in total. The average molecular weight is 288 g/mol. The molecule has 0 rings (SSSR count). The van der Waals surface area contributed by atoms with Crippen LogP contribution in [0.25, 0.3) is 0 Å². The van der Waals surface area contributed by atoms with Gasteiger partial charge in [-0.05, 0) is 54.5 Å². The van der Waals surface area contributed by atoms with E-state index in [1.165, 1.54) is 0 Å². The second-order valence-electron chi connectivity index (χ2n) is 6.24. The van der Waals surface area contributed by atoms with Gasteiger partial charge in [-0.1, -0.05) is 0 Å². The summed E-state index contributed by atoms with van der Waals surface area (Å²) in [6.45, 7) is 19.2. The van der Waals surface area contributed by atoms with Crippen LogP contribution in [0.5, 0.6) is 0 Å². The van der Waals surface area contributed by atoms with Crippen molar-refractivity contribution in [1.82, 2.24) is 10.2 Å². The smallest absolute Gasteiger partial charge is 0.0593 e. The molecule has 20 heavy (non-hydrogen) atoms. The summed E-state index contributed by atoms with van der Waals surface area (Å²) in [6, 6.07) is 0.547. The Morgan fingerprint density at radius 2 is 1.50 bits per heavy atom. The molecule has 0 bridgehead atoms. The van der Waals surface area contributed by atoms with Gasteiger partial charge in [-0.3, -0.25) is 4.90 Å². The monoisotopic (exact) mass is 288 g/mol. The Hall–Kier alpha value is -0.160. The van der Waals surface area contributed by atoms with Crippen molar-refractivity contribution < 1.29 is 9.47 Å². The minimum Gasteiger partial charge on any atom is -0.380 e. The van der Waals surface area contributed by atoms with Crippen LogP contribution >= 0.6 is 0 Å². The SMILES string of the molecule is CCOCCN(CCOCC)C(C)CCNC(C)(C)C. The third-order valence-corrected chi connectivity index (χ3v) is 3.29. The number of hydrogen-bond acceptors (Lipinski definition) is 4. The van der Waals surface area contributed by atoms with Gasteiger partial charge < -0.3 is 14.8 Å². The fourth-order valence-electron chi connectivity index (χ4n) is 2.04. The van der Waals surface area contributed by atoms with E-state index in [4.69, 9.17) is 9.47 Å². The topological polar surface area (TPSA) is 33.7 Å². The Kier molecular flexibility index (Phi) is 11.4. The molecular formula is C16H36N2O2. The lowest BCUT2D eigenvalue weighted by Gasteiger charge is -2.30. The molecule has 4 nitrogen and oxygen atoms in total. The van der Waals surface area contributed by atoms with Crippen LogP contribution in [0, 0.1) is 0 Å². The molecular weight excluding hydrogens is 252 g/mol. The molecule has 0 spiro atoms. The summed E-state index contributed by atoms with van der Waals surface area (Å²) in [4.78, 5) is 2.47. The lowest BCUT2D eigenvalue weighted by Crippen LogP contribution is -2.42. The van der Waals surface area contributed by atoms with Gasteiger partial charge in [0.2, 0.25) is 0 Å². The lowest BCUT2D eigenvalue weighted by molar-refractivity contribution is 0.0641. The highest BCUT2D eigenvalue weighted by Crippen LogP contribution is 2.05. The minimum absolute atomic E-state index is 0.196. The van der Waals surface area contributed by atoms with Crippen molar-refractivity contribution >= 4 is 0 Å². The van der Waals surface area contributed by atoms with Gasteiger partial charge in [0.05, 0.1) is 13.2 Å². The van der Waals surface area contributed by atoms with Crippen LogP contribution in [0.2, 0.25) is 0 Å². The standard InChI is InChI=1S/C16H36N2O2/c1-7-19-13-11-18(12-14-20-8-2)15(3)9-10-17-16(4,5)6/h15,17H,7-14H2,1-6H3. The highest BCUT2D eigenvalue weighted by Gasteiger charge is 2.15. The van der Waals surface area contributed by atoms with Gasteiger partial charge in [-0.2, -0.15) is 0 Å². The molecule has 0 aliphatic rings. The van der Waals surface area contributed by atoms with Gasteiger partial charge in [0, 0.05) is 37.9 Å². The molecule has 0 amide bonds. The van der Waals surface area contributed by atoms with E-state index in [1.54, 1.807) is 0 Å². The summed E-state index contributed by atoms with van der Waals surface area (Å²) in [7, 11) is 0. The summed E-state index contributed by atoms with van der Waals surface area (Å²) >= 11 is 0. The first kappa shape index (κ1) is 19.8. The van der Waals surface area contributed by atoms with E-state index in [2.05, 4.69) is 37.9 Å². The van der Waals surface area contributed by atoms with E-state index >= 15 is 0 Å². The van der Waals surface area contributed by atoms with Gasteiger partial charge in [0.1, 0.15) is 0 Å². The van der Waals surface area contributed by atoms with Crippen LogP contribution in [-0.2, 0) is 9.47 Å². The number of hydrogen-bond donors (Lipinski definition) is 1. The van der Waals surface area contributed by atoms with Crippen molar-refractivity contribution in [3.63, 3.8) is 0 Å². The van der Waals surface area contributed by atoms with Crippen molar-refractivity contribution in [1.29, 1.82) is 0 Å². The lowest BCUT2D eigenvalue weighted by atomic mass is 10.1. The van der Waals surface area contributed by atoms with Crippen LogP contribution in [0.4, 0.5) is 0 Å². The first-order valence-corrected chi connectivity index (χ1v) is 8.05. The van der Waals surface area contributed by atoms with E-state index in [0.29, 0.717) is 6.04 Å². The van der Waals surface area contributed by atoms with Crippen LogP contribution in [0.15, 0.2) is 0 Å². The van der Waals surface area contributed by atoms with Gasteiger partial charge in [-0.25, -0.2) is 0 Å². The quantitative estimate of drug-likeness (QED) is 0.560. The van der Waals surface area contributed by atoms with Gasteiger partial charge in [0.25, 0.3) is 0 Å². The predicted molar refractivity (Wildman–Crippen MR) is 86.4 cm³/mol. The second kappa shape index (κ2) is 11.5. The highest BCUT2D eigenvalue weighted by molar-refractivity contribution is 4.74. The van der Waals surface area contributed by atoms with Crippen LogP contribution < -0.4 is 5.32 Å². The normalized spacial score (nSPS) is 13.9. The fraction of sp³-hybridized carbons (Fsp3) is 1.00. The molecule has 0 fully saturated rings. The predicted octanol–water partition coefficient (Wildman–Crippen LogP) is 2.53. The zero-order valence-electron chi connectivity index (χ0n) is 14.5. The number of rotatable bonds is 12. The highest BCUT2D eigenvalue weighted by atomic mass is 16.5. The zero-order valence-corrected chi connectivity index (χ0v) is 14.5. The molecule has 0 aliphatic heterocycles. The van der Waals surface area contributed by atoms with Crippen molar-refractivity contribution in [2.24, 2.45) is 0 Å². The Labute approximate surface area is 126 Å². The molecule has 4 heteroatoms. The van der Waals surface area contributed by atoms with Crippen LogP contribution in [0.1, 0.15) is 48.0 Å². The largest absolute Gasteiger partial charge is 0.380 e. The third-order valence-electron chi connectivity index (χ3n) is 3.29. The van der Waals surface area contributed by atoms with Crippen LogP contribution in [-0.4, -0.2) is 62.5 Å². The van der Waals surface area contributed by atoms with E-state index < -0.39 is 0 Å². The maximum Gasteiger partial charge on any atom is 0.0593 e. The fourth-order valence-corrected chi connectivity index (χ4v) is 2.04. The number of nitrogens with one attached hydrogen (secondary N) is 1. The van der Waals surface area contributed by atoms with Crippen molar-refractivity contribution in [2.45, 2.75) is 59.5 Å². The molecule has 122 valence electrons. The first-order chi connectivity index (χ1) is 9.40. The molecule has 1 atom stereocenters. The van der Waals surface area contributed by atoms with Gasteiger partial charge in [0.15, 0.2) is 0 Å². The minimum atomic E-state index is 0.196. The molecule has 0 aromatic carbocycles. The molecule has 0 aliphatic carbocycles. The molecule has 0 heterocycles. The third kappa shape index (κ3) is 11.6. The first-order valence-electron chi connectivity index (χ1n) is 8.05. The summed E-state index contributed by atoms with van der Waals surface area (Å²) in [5.41, 5.74) is 0.196. The molecule has 0 aromatic rings. The van der Waals surface area contributed by atoms with Gasteiger partial charge >= 0.3 is 0 Å². The molecule has 0 saturated heterocycles. The van der Waals surface area contributed by atoms with Crippen molar-refractivity contribution in [3.05, 3.63) is 0 Å². The maximum absolute atomic E-state index is 5.48. The second-order valence-corrected chi connectivity index (χ2v) is 6.24. The summed E-state index contributed by atoms with van der Waals surface area (Å²) in [5.74, 6) is 0. The summed E-state index contributed by atoms with van der Waals surface area (Å²) in [6.07, 6.45) is 1.15. The molecule has 0 saturated carbocycles. The van der Waals surface area contributed by atoms with E-state index in [1.807, 2.05) is 13.8 Å². The zero-order chi connectivity index (χ0) is 15.4. The average Bonchev–Trinajstić information content (AvgIpc) is 2.35. The van der Waals surface area contributed by atoms with Gasteiger partial charge in [-0.15, -0.1) is 0 Å². The Morgan fingerprint density at radius 3 is 1.90 bits per heavy atom. The summed E-state index contributed by atoms with van der Waals surface area (Å²) < 4.78 is 11.0. The van der Waals surface area contributed by atoms with E-state index in [0.717, 1.165) is 52.5 Å². The summed E-state index contributed by atoms with van der Waals surface area (Å²) in [5, 5.41) is 3.55. The van der Waals surface area contributed by atoms with Crippen molar-refractivity contribution in [3.8, 4) is 0 Å². The van der Waals surface area contributed by atoms with E-state index in [-0.39, 0.29) is 5.54 Å².